The predicted octanol–water partition coefficient (Wildman–Crippen LogP) is 13.0. The van der Waals surface area contributed by atoms with Crippen LogP contribution >= 0.6 is 11.8 Å². The Kier molecular flexibility index (Phi) is 20.3. The number of nitrogens with zero attached hydrogens (tertiary/aromatic N) is 2. The lowest BCUT2D eigenvalue weighted by atomic mass is 9.55. The molecule has 0 spiro atoms. The van der Waals surface area contributed by atoms with Crippen LogP contribution in [-0.4, -0.2) is 84.3 Å². The van der Waals surface area contributed by atoms with Crippen LogP contribution in [0.1, 0.15) is 152 Å². The van der Waals surface area contributed by atoms with Gasteiger partial charge in [-0.3, -0.25) is 4.79 Å². The Hall–Kier alpha value is -4.53. The van der Waals surface area contributed by atoms with Gasteiger partial charge in [0.1, 0.15) is 23.3 Å². The lowest BCUT2D eigenvalue weighted by Crippen LogP contribution is -2.70. The largest absolute Gasteiger partial charge is 0.459 e. The van der Waals surface area contributed by atoms with Crippen molar-refractivity contribution in [3.63, 3.8) is 0 Å². The van der Waals surface area contributed by atoms with Crippen molar-refractivity contribution in [2.45, 2.75) is 171 Å². The van der Waals surface area contributed by atoms with Gasteiger partial charge in [0.15, 0.2) is 11.5 Å². The SMILES string of the molecule is C=CCOC12Oc3ccc(Oc4ccc(SC)cc4)cc3C3C(CCCCO)C(CCCCO)C=C(C(=NOC4CCCCO4)CC1N(Cc1ccc4c(c1)OCO4)C(=O)CCCCCCCCCCC)C32. The average Bonchev–Trinajstić information content (AvgIpc) is 3.88. The van der Waals surface area contributed by atoms with E-state index in [0.29, 0.717) is 55.3 Å². The molecule has 2 N–H and O–H groups in total. The first kappa shape index (κ1) is 53.8. The van der Waals surface area contributed by atoms with Crippen LogP contribution in [0, 0.1) is 17.8 Å². The highest BCUT2D eigenvalue weighted by molar-refractivity contribution is 7.98. The van der Waals surface area contributed by atoms with Gasteiger partial charge in [0.2, 0.25) is 24.8 Å². The molecule has 3 aliphatic heterocycles. The molecule has 3 aromatic rings. The van der Waals surface area contributed by atoms with E-state index in [1.165, 1.54) is 38.5 Å². The lowest BCUT2D eigenvalue weighted by molar-refractivity contribution is -0.258. The van der Waals surface area contributed by atoms with E-state index in [2.05, 4.69) is 44.0 Å². The number of benzene rings is 3. The molecule has 13 heteroatoms. The van der Waals surface area contributed by atoms with Gasteiger partial charge in [-0.15, -0.1) is 18.3 Å². The van der Waals surface area contributed by atoms with E-state index in [1.807, 2.05) is 47.4 Å². The van der Waals surface area contributed by atoms with Crippen LogP contribution in [-0.2, 0) is 25.7 Å². The third kappa shape index (κ3) is 13.2. The summed E-state index contributed by atoms with van der Waals surface area (Å²) in [5, 5.41) is 25.3. The zero-order valence-electron chi connectivity index (χ0n) is 42.9. The molecule has 12 nitrogen and oxygen atoms in total. The van der Waals surface area contributed by atoms with Crippen molar-refractivity contribution in [1.82, 2.24) is 4.90 Å². The van der Waals surface area contributed by atoms with Crippen LogP contribution in [0.2, 0.25) is 0 Å². The first-order valence-electron chi connectivity index (χ1n) is 27.2. The van der Waals surface area contributed by atoms with Crippen molar-refractivity contribution in [3.05, 3.63) is 96.1 Å². The number of aliphatic hydroxyl groups excluding tert-OH is 2. The van der Waals surface area contributed by atoms with Crippen molar-refractivity contribution in [1.29, 1.82) is 0 Å². The minimum absolute atomic E-state index is 0.0184. The minimum atomic E-state index is -1.40. The maximum absolute atomic E-state index is 15.4. The van der Waals surface area contributed by atoms with Crippen LogP contribution in [0.25, 0.3) is 0 Å². The fourth-order valence-electron chi connectivity index (χ4n) is 11.7. The summed E-state index contributed by atoms with van der Waals surface area (Å²) in [6.07, 6.45) is 24.1. The zero-order chi connectivity index (χ0) is 50.1. The first-order valence-corrected chi connectivity index (χ1v) is 28.5. The molecule has 0 aromatic heterocycles. The van der Waals surface area contributed by atoms with E-state index in [-0.39, 0.29) is 56.8 Å². The summed E-state index contributed by atoms with van der Waals surface area (Å²) in [5.74, 6) is 1.56. The topological polar surface area (TPSA) is 138 Å². The van der Waals surface area contributed by atoms with Gasteiger partial charge in [-0.2, -0.15) is 0 Å². The summed E-state index contributed by atoms with van der Waals surface area (Å²) >= 11 is 1.69. The molecular weight excluding hydrogens is 929 g/mol. The standard InChI is InChI=1S/C59H80N2O10S/c1-4-6-7-8-9-10-11-12-13-22-55(64)61(40-42-24-30-52-53(36-42)67-41-66-52)54-39-50(60-71-56-23-16-19-35-65-56)48-37-43(20-14-17-32-62)47(21-15-18-33-63)57-49-38-45(69-44-25-28-46(72-3)29-26-44)27-31-51(49)70-59(54,58(48)57)68-34-5-2/h5,24-31,36-38,43,47,54,56-58,62-63H,2,4,6-23,32-35,39-41H2,1,3H3. The first-order chi connectivity index (χ1) is 35.4. The number of aliphatic hydroxyl groups is 2. The fraction of sp³-hybridized carbons (Fsp3) is 0.593. The summed E-state index contributed by atoms with van der Waals surface area (Å²) in [5.41, 5.74) is 3.65. The van der Waals surface area contributed by atoms with E-state index in [0.717, 1.165) is 97.3 Å². The van der Waals surface area contributed by atoms with Gasteiger partial charge in [-0.1, -0.05) is 94.5 Å². The third-order valence-corrected chi connectivity index (χ3v) is 16.1. The highest BCUT2D eigenvalue weighted by atomic mass is 32.2. The van der Waals surface area contributed by atoms with Crippen LogP contribution < -0.4 is 18.9 Å². The number of hydrogen-bond acceptors (Lipinski definition) is 12. The molecule has 72 heavy (non-hydrogen) atoms. The van der Waals surface area contributed by atoms with E-state index in [4.69, 9.17) is 38.4 Å². The molecule has 7 unspecified atom stereocenters. The Morgan fingerprint density at radius 1 is 0.861 bits per heavy atom. The number of thioether (sulfide) groups is 1. The number of carbonyl (C=O) groups excluding carboxylic acids is 1. The number of fused-ring (bicyclic) bond motifs is 3. The van der Waals surface area contributed by atoms with E-state index >= 15 is 4.79 Å². The van der Waals surface area contributed by atoms with Crippen LogP contribution in [0.4, 0.5) is 0 Å². The number of ether oxygens (including phenoxy) is 6. The molecule has 2 aliphatic carbocycles. The maximum atomic E-state index is 15.4. The summed E-state index contributed by atoms with van der Waals surface area (Å²) in [4.78, 5) is 25.0. The molecule has 7 atom stereocenters. The van der Waals surface area contributed by atoms with E-state index in [9.17, 15) is 10.2 Å². The van der Waals surface area contributed by atoms with Crippen LogP contribution in [0.3, 0.4) is 0 Å². The normalized spacial score (nSPS) is 24.4. The van der Waals surface area contributed by atoms with Gasteiger partial charge in [-0.25, -0.2) is 0 Å². The average molecular weight is 1010 g/mol. The minimum Gasteiger partial charge on any atom is -0.459 e. The Morgan fingerprint density at radius 2 is 1.60 bits per heavy atom. The Morgan fingerprint density at radius 3 is 2.33 bits per heavy atom. The van der Waals surface area contributed by atoms with Gasteiger partial charge < -0.3 is 48.4 Å². The summed E-state index contributed by atoms with van der Waals surface area (Å²) in [6, 6.07) is 19.5. The smallest absolute Gasteiger partial charge is 0.239 e. The van der Waals surface area contributed by atoms with E-state index in [1.54, 1.807) is 17.8 Å². The molecule has 0 bridgehead atoms. The number of carbonyl (C=O) groups is 1. The van der Waals surface area contributed by atoms with E-state index < -0.39 is 24.0 Å². The molecule has 1 saturated heterocycles. The highest BCUT2D eigenvalue weighted by Gasteiger charge is 2.65. The number of rotatable bonds is 29. The second-order valence-corrected chi connectivity index (χ2v) is 21.1. The maximum Gasteiger partial charge on any atom is 0.239 e. The molecule has 8 rings (SSSR count). The quantitative estimate of drug-likeness (QED) is 0.0297. The number of hydrogen-bond donors (Lipinski definition) is 2. The number of oxime groups is 1. The number of unbranched alkanes of at least 4 members (excludes halogenated alkanes) is 10. The molecule has 3 aromatic carbocycles. The predicted molar refractivity (Wildman–Crippen MR) is 283 cm³/mol. The molecule has 5 aliphatic rings. The Balaban J connectivity index is 1.26. The second kappa shape index (κ2) is 27.1. The van der Waals surface area contributed by atoms with Crippen LogP contribution in [0.5, 0.6) is 28.7 Å². The lowest BCUT2D eigenvalue weighted by Gasteiger charge is -2.60. The summed E-state index contributed by atoms with van der Waals surface area (Å²) in [7, 11) is 0. The Labute approximate surface area is 432 Å². The number of amides is 1. The third-order valence-electron chi connectivity index (χ3n) is 15.3. The number of allylic oxidation sites excluding steroid dienone is 1. The molecule has 392 valence electrons. The van der Waals surface area contributed by atoms with Crippen LogP contribution in [0.15, 0.2) is 95.0 Å². The molecule has 0 radical (unpaired) electrons. The van der Waals surface area contributed by atoms with Gasteiger partial charge >= 0.3 is 0 Å². The summed E-state index contributed by atoms with van der Waals surface area (Å²) in [6.45, 7) is 7.82. The fourth-order valence-corrected chi connectivity index (χ4v) is 12.2. The molecule has 1 saturated carbocycles. The van der Waals surface area contributed by atoms with Gasteiger partial charge in [0.05, 0.1) is 24.8 Å². The second-order valence-electron chi connectivity index (χ2n) is 20.2. The van der Waals surface area contributed by atoms with Gasteiger partial charge in [0.25, 0.3) is 0 Å². The van der Waals surface area contributed by atoms with Crippen molar-refractivity contribution >= 4 is 23.4 Å². The van der Waals surface area contributed by atoms with Crippen molar-refractivity contribution in [2.24, 2.45) is 22.9 Å². The molecule has 2 fully saturated rings. The summed E-state index contributed by atoms with van der Waals surface area (Å²) < 4.78 is 39.3. The van der Waals surface area contributed by atoms with Gasteiger partial charge in [-0.05, 0) is 129 Å². The Bertz CT molecular complexity index is 2260. The highest BCUT2D eigenvalue weighted by Crippen LogP contribution is 2.62. The van der Waals surface area contributed by atoms with Gasteiger partial charge in [0, 0.05) is 55.4 Å². The zero-order valence-corrected chi connectivity index (χ0v) is 43.8. The molecular formula is C59H80N2O10S. The molecule has 1 amide bonds. The van der Waals surface area contributed by atoms with Crippen molar-refractivity contribution < 1.29 is 48.3 Å². The van der Waals surface area contributed by atoms with Crippen molar-refractivity contribution in [2.75, 3.05) is 39.5 Å². The monoisotopic (exact) mass is 1010 g/mol. The molecule has 3 heterocycles. The van der Waals surface area contributed by atoms with Crippen molar-refractivity contribution in [3.8, 4) is 28.7 Å².